The summed E-state index contributed by atoms with van der Waals surface area (Å²) in [6.45, 7) is 1.93. The fourth-order valence-electron chi connectivity index (χ4n) is 1.54. The highest BCUT2D eigenvalue weighted by Gasteiger charge is 2.13. The molecule has 1 aromatic carbocycles. The molecule has 0 aliphatic carbocycles. The van der Waals surface area contributed by atoms with Crippen LogP contribution in [-0.2, 0) is 0 Å². The van der Waals surface area contributed by atoms with Crippen LogP contribution in [0, 0.1) is 6.92 Å². The van der Waals surface area contributed by atoms with Crippen molar-refractivity contribution >= 4 is 23.2 Å². The number of aryl methyl sites for hydroxylation is 1. The van der Waals surface area contributed by atoms with E-state index in [1.807, 2.05) is 19.1 Å². The molecule has 18 heavy (non-hydrogen) atoms. The van der Waals surface area contributed by atoms with Crippen LogP contribution in [0.2, 0.25) is 5.22 Å². The Bertz CT molecular complexity index is 577. The number of carbonyl (C=O) groups is 1. The second-order valence-corrected chi connectivity index (χ2v) is 4.13. The van der Waals surface area contributed by atoms with E-state index in [0.717, 1.165) is 5.56 Å². The number of furan rings is 1. The number of carbonyl (C=O) groups excluding carboxylic acids is 1. The molecule has 0 spiro atoms. The van der Waals surface area contributed by atoms with Gasteiger partial charge in [-0.1, -0.05) is 6.07 Å². The summed E-state index contributed by atoms with van der Waals surface area (Å²) in [5.41, 5.74) is 1.61. The molecular formula is C13H12ClNO3. The van der Waals surface area contributed by atoms with Gasteiger partial charge in [0.25, 0.3) is 5.91 Å². The van der Waals surface area contributed by atoms with Crippen molar-refractivity contribution in [3.63, 3.8) is 0 Å². The average molecular weight is 266 g/mol. The molecule has 1 amide bonds. The lowest BCUT2D eigenvalue weighted by Gasteiger charge is -2.09. The van der Waals surface area contributed by atoms with Crippen LogP contribution in [0.3, 0.4) is 0 Å². The van der Waals surface area contributed by atoms with Crippen LogP contribution in [0.25, 0.3) is 0 Å². The minimum absolute atomic E-state index is 0.156. The average Bonchev–Trinajstić information content (AvgIpc) is 2.76. The maximum absolute atomic E-state index is 11.9. The Morgan fingerprint density at radius 3 is 2.72 bits per heavy atom. The number of halogens is 1. The van der Waals surface area contributed by atoms with Crippen molar-refractivity contribution in [3.05, 3.63) is 46.9 Å². The normalized spacial score (nSPS) is 10.2. The monoisotopic (exact) mass is 265 g/mol. The number of ether oxygens (including phenoxy) is 1. The van der Waals surface area contributed by atoms with Crippen LogP contribution in [0.4, 0.5) is 5.69 Å². The van der Waals surface area contributed by atoms with Gasteiger partial charge in [-0.2, -0.15) is 0 Å². The van der Waals surface area contributed by atoms with Gasteiger partial charge in [0.2, 0.25) is 0 Å². The number of benzene rings is 1. The van der Waals surface area contributed by atoms with E-state index in [2.05, 4.69) is 5.32 Å². The van der Waals surface area contributed by atoms with Crippen molar-refractivity contribution in [2.75, 3.05) is 12.4 Å². The molecule has 94 valence electrons. The van der Waals surface area contributed by atoms with Crippen LogP contribution in [0.5, 0.6) is 5.75 Å². The van der Waals surface area contributed by atoms with E-state index < -0.39 is 0 Å². The van der Waals surface area contributed by atoms with Gasteiger partial charge in [-0.05, 0) is 48.4 Å². The number of nitrogens with one attached hydrogen (secondary N) is 1. The van der Waals surface area contributed by atoms with Crippen LogP contribution in [-0.4, -0.2) is 13.0 Å². The Labute approximate surface area is 110 Å². The summed E-state index contributed by atoms with van der Waals surface area (Å²) in [4.78, 5) is 11.9. The van der Waals surface area contributed by atoms with Gasteiger partial charge in [0.1, 0.15) is 5.75 Å². The first-order chi connectivity index (χ1) is 8.60. The molecule has 0 bridgehead atoms. The van der Waals surface area contributed by atoms with Crippen molar-refractivity contribution in [1.82, 2.24) is 0 Å². The maximum Gasteiger partial charge on any atom is 0.291 e. The van der Waals surface area contributed by atoms with E-state index in [1.165, 1.54) is 12.1 Å². The van der Waals surface area contributed by atoms with E-state index in [1.54, 1.807) is 13.2 Å². The Hall–Kier alpha value is -1.94. The lowest BCUT2D eigenvalue weighted by atomic mass is 10.2. The molecule has 0 saturated carbocycles. The first kappa shape index (κ1) is 12.5. The van der Waals surface area contributed by atoms with E-state index in [9.17, 15) is 4.79 Å². The number of methoxy groups -OCH3 is 1. The number of anilines is 1. The number of hydrogen-bond donors (Lipinski definition) is 1. The minimum atomic E-state index is -0.370. The van der Waals surface area contributed by atoms with Gasteiger partial charge < -0.3 is 14.5 Å². The highest BCUT2D eigenvalue weighted by molar-refractivity contribution is 6.29. The molecule has 1 N–H and O–H groups in total. The molecule has 5 heteroatoms. The first-order valence-electron chi connectivity index (χ1n) is 5.31. The largest absolute Gasteiger partial charge is 0.495 e. The van der Waals surface area contributed by atoms with Crippen molar-refractivity contribution < 1.29 is 13.9 Å². The molecule has 0 saturated heterocycles. The third kappa shape index (κ3) is 2.65. The molecule has 0 aliphatic heterocycles. The lowest BCUT2D eigenvalue weighted by molar-refractivity contribution is 0.0996. The number of hydrogen-bond acceptors (Lipinski definition) is 3. The summed E-state index contributed by atoms with van der Waals surface area (Å²) in [5, 5.41) is 2.89. The molecule has 4 nitrogen and oxygen atoms in total. The predicted molar refractivity (Wildman–Crippen MR) is 69.4 cm³/mol. The number of rotatable bonds is 3. The first-order valence-corrected chi connectivity index (χ1v) is 5.69. The fraction of sp³-hybridized carbons (Fsp3) is 0.154. The molecular weight excluding hydrogens is 254 g/mol. The zero-order valence-electron chi connectivity index (χ0n) is 9.99. The molecule has 1 heterocycles. The highest BCUT2D eigenvalue weighted by Crippen LogP contribution is 2.26. The zero-order valence-corrected chi connectivity index (χ0v) is 10.7. The quantitative estimate of drug-likeness (QED) is 0.924. The van der Waals surface area contributed by atoms with E-state index >= 15 is 0 Å². The number of amides is 1. The van der Waals surface area contributed by atoms with Gasteiger partial charge in [0.15, 0.2) is 11.0 Å². The molecule has 0 fully saturated rings. The molecule has 2 aromatic rings. The van der Waals surface area contributed by atoms with Crippen LogP contribution in [0.15, 0.2) is 34.7 Å². The SMILES string of the molecule is COc1ccc(C)cc1NC(=O)c1ccc(Cl)o1. The van der Waals surface area contributed by atoms with Gasteiger partial charge in [-0.15, -0.1) is 0 Å². The van der Waals surface area contributed by atoms with Gasteiger partial charge in [0.05, 0.1) is 12.8 Å². The minimum Gasteiger partial charge on any atom is -0.495 e. The summed E-state index contributed by atoms with van der Waals surface area (Å²) in [7, 11) is 1.55. The fourth-order valence-corrected chi connectivity index (χ4v) is 1.69. The van der Waals surface area contributed by atoms with Gasteiger partial charge in [0, 0.05) is 0 Å². The lowest BCUT2D eigenvalue weighted by Crippen LogP contribution is -2.11. The van der Waals surface area contributed by atoms with Crippen LogP contribution in [0.1, 0.15) is 16.1 Å². The smallest absolute Gasteiger partial charge is 0.291 e. The van der Waals surface area contributed by atoms with Crippen molar-refractivity contribution in [3.8, 4) is 5.75 Å². The third-order valence-corrected chi connectivity index (χ3v) is 2.60. The molecule has 2 rings (SSSR count). The summed E-state index contributed by atoms with van der Waals surface area (Å²) < 4.78 is 10.2. The van der Waals surface area contributed by atoms with E-state index in [0.29, 0.717) is 11.4 Å². The standard InChI is InChI=1S/C13H12ClNO3/c1-8-3-4-10(17-2)9(7-8)15-13(16)11-5-6-12(14)18-11/h3-7H,1-2H3,(H,15,16). The van der Waals surface area contributed by atoms with Gasteiger partial charge in [-0.25, -0.2) is 0 Å². The van der Waals surface area contributed by atoms with Crippen molar-refractivity contribution in [2.45, 2.75) is 6.92 Å². The molecule has 1 aromatic heterocycles. The maximum atomic E-state index is 11.9. The molecule has 0 unspecified atom stereocenters. The zero-order chi connectivity index (χ0) is 13.1. The molecule has 0 aliphatic rings. The summed E-state index contributed by atoms with van der Waals surface area (Å²) in [6, 6.07) is 8.55. The summed E-state index contributed by atoms with van der Waals surface area (Å²) in [6.07, 6.45) is 0. The topological polar surface area (TPSA) is 51.5 Å². The van der Waals surface area contributed by atoms with Crippen LogP contribution >= 0.6 is 11.6 Å². The Morgan fingerprint density at radius 2 is 2.11 bits per heavy atom. The highest BCUT2D eigenvalue weighted by atomic mass is 35.5. The Kier molecular flexibility index (Phi) is 3.58. The molecule has 0 atom stereocenters. The predicted octanol–water partition coefficient (Wildman–Crippen LogP) is 3.50. The van der Waals surface area contributed by atoms with Crippen LogP contribution < -0.4 is 10.1 Å². The van der Waals surface area contributed by atoms with Crippen molar-refractivity contribution in [1.29, 1.82) is 0 Å². The van der Waals surface area contributed by atoms with E-state index in [-0.39, 0.29) is 16.9 Å². The Morgan fingerprint density at radius 1 is 1.33 bits per heavy atom. The summed E-state index contributed by atoms with van der Waals surface area (Å²) >= 11 is 5.62. The van der Waals surface area contributed by atoms with E-state index in [4.69, 9.17) is 20.8 Å². The van der Waals surface area contributed by atoms with Crippen molar-refractivity contribution in [2.24, 2.45) is 0 Å². The second kappa shape index (κ2) is 5.14. The van der Waals surface area contributed by atoms with Gasteiger partial charge >= 0.3 is 0 Å². The Balaban J connectivity index is 2.23. The summed E-state index contributed by atoms with van der Waals surface area (Å²) in [5.74, 6) is 0.376. The second-order valence-electron chi connectivity index (χ2n) is 3.76. The molecule has 0 radical (unpaired) electrons. The third-order valence-electron chi connectivity index (χ3n) is 2.40. The van der Waals surface area contributed by atoms with Gasteiger partial charge in [-0.3, -0.25) is 4.79 Å².